The van der Waals surface area contributed by atoms with Gasteiger partial charge in [-0.25, -0.2) is 4.79 Å². The highest BCUT2D eigenvalue weighted by molar-refractivity contribution is 5.74. The van der Waals surface area contributed by atoms with Gasteiger partial charge in [0.15, 0.2) is 6.10 Å². The van der Waals surface area contributed by atoms with Gasteiger partial charge in [0.25, 0.3) is 0 Å². The molecule has 0 amide bonds. The lowest BCUT2D eigenvalue weighted by Gasteiger charge is -2.07. The van der Waals surface area contributed by atoms with E-state index in [0.29, 0.717) is 6.61 Å². The summed E-state index contributed by atoms with van der Waals surface area (Å²) in [6.45, 7) is 1.96. The summed E-state index contributed by atoms with van der Waals surface area (Å²) >= 11 is 0. The SMILES string of the molecule is CCCC/C=C/CCCCCCCCOC(=O)C(O)CO. The van der Waals surface area contributed by atoms with Crippen LogP contribution in [0.15, 0.2) is 12.2 Å². The Balaban J connectivity index is 3.19. The van der Waals surface area contributed by atoms with Crippen LogP contribution in [0.25, 0.3) is 0 Å². The zero-order valence-electron chi connectivity index (χ0n) is 13.4. The standard InChI is InChI=1S/C17H32O4/c1-2-3-4-5-6-7-8-9-10-11-12-13-14-21-17(20)16(19)15-18/h5-6,16,18-19H,2-4,7-15H2,1H3/b6-5+. The topological polar surface area (TPSA) is 66.8 Å². The molecule has 0 saturated heterocycles. The zero-order valence-corrected chi connectivity index (χ0v) is 13.4. The maximum atomic E-state index is 11.0. The van der Waals surface area contributed by atoms with Crippen molar-refractivity contribution in [3.8, 4) is 0 Å². The molecule has 0 aliphatic carbocycles. The van der Waals surface area contributed by atoms with Crippen molar-refractivity contribution < 1.29 is 19.7 Å². The highest BCUT2D eigenvalue weighted by Gasteiger charge is 2.14. The van der Waals surface area contributed by atoms with Crippen LogP contribution in [0.1, 0.15) is 71.1 Å². The van der Waals surface area contributed by atoms with E-state index in [1.165, 1.54) is 44.9 Å². The molecule has 2 N–H and O–H groups in total. The summed E-state index contributed by atoms with van der Waals surface area (Å²) in [5.41, 5.74) is 0. The Morgan fingerprint density at radius 2 is 1.57 bits per heavy atom. The molecule has 4 heteroatoms. The van der Waals surface area contributed by atoms with E-state index < -0.39 is 18.7 Å². The molecule has 0 aliphatic heterocycles. The van der Waals surface area contributed by atoms with Gasteiger partial charge in [-0.3, -0.25) is 0 Å². The third-order valence-electron chi connectivity index (χ3n) is 3.35. The lowest BCUT2D eigenvalue weighted by molar-refractivity contribution is -0.155. The quantitative estimate of drug-likeness (QED) is 0.293. The first kappa shape index (κ1) is 20.1. The van der Waals surface area contributed by atoms with Crippen LogP contribution in [0.2, 0.25) is 0 Å². The van der Waals surface area contributed by atoms with Crippen molar-refractivity contribution in [2.75, 3.05) is 13.2 Å². The van der Waals surface area contributed by atoms with Gasteiger partial charge in [0, 0.05) is 0 Å². The summed E-state index contributed by atoms with van der Waals surface area (Å²) in [5.74, 6) is -0.729. The Bertz CT molecular complexity index is 264. The molecule has 0 aromatic carbocycles. The smallest absolute Gasteiger partial charge is 0.337 e. The fourth-order valence-corrected chi connectivity index (χ4v) is 1.97. The fourth-order valence-electron chi connectivity index (χ4n) is 1.97. The fraction of sp³-hybridized carbons (Fsp3) is 0.824. The van der Waals surface area contributed by atoms with E-state index in [-0.39, 0.29) is 0 Å². The van der Waals surface area contributed by atoms with E-state index in [0.717, 1.165) is 19.3 Å². The number of hydrogen-bond acceptors (Lipinski definition) is 4. The molecule has 0 heterocycles. The molecule has 0 fully saturated rings. The second-order valence-corrected chi connectivity index (χ2v) is 5.39. The Morgan fingerprint density at radius 1 is 1.00 bits per heavy atom. The minimum absolute atomic E-state index is 0.329. The predicted molar refractivity (Wildman–Crippen MR) is 85.0 cm³/mol. The van der Waals surface area contributed by atoms with Crippen molar-refractivity contribution in [1.82, 2.24) is 0 Å². The Hall–Kier alpha value is -0.870. The summed E-state index contributed by atoms with van der Waals surface area (Å²) in [5, 5.41) is 17.5. The van der Waals surface area contributed by atoms with Gasteiger partial charge in [-0.15, -0.1) is 0 Å². The van der Waals surface area contributed by atoms with E-state index in [1.807, 2.05) is 0 Å². The number of allylic oxidation sites excluding steroid dienone is 2. The van der Waals surface area contributed by atoms with Crippen LogP contribution in [0.5, 0.6) is 0 Å². The first-order valence-electron chi connectivity index (χ1n) is 8.33. The molecular weight excluding hydrogens is 268 g/mol. The number of hydrogen-bond donors (Lipinski definition) is 2. The summed E-state index contributed by atoms with van der Waals surface area (Å²) in [4.78, 5) is 11.0. The van der Waals surface area contributed by atoms with E-state index >= 15 is 0 Å². The van der Waals surface area contributed by atoms with Crippen molar-refractivity contribution in [2.24, 2.45) is 0 Å². The van der Waals surface area contributed by atoms with E-state index in [9.17, 15) is 4.79 Å². The van der Waals surface area contributed by atoms with Crippen molar-refractivity contribution in [1.29, 1.82) is 0 Å². The van der Waals surface area contributed by atoms with Crippen molar-refractivity contribution in [3.05, 3.63) is 12.2 Å². The van der Waals surface area contributed by atoms with Gasteiger partial charge in [-0.05, 0) is 25.7 Å². The number of rotatable bonds is 14. The number of esters is 1. The summed E-state index contributed by atoms with van der Waals surface area (Å²) in [6.07, 6.45) is 14.9. The highest BCUT2D eigenvalue weighted by Crippen LogP contribution is 2.08. The molecule has 4 nitrogen and oxygen atoms in total. The summed E-state index contributed by atoms with van der Waals surface area (Å²) in [7, 11) is 0. The van der Waals surface area contributed by atoms with Gasteiger partial charge in [-0.1, -0.05) is 57.6 Å². The molecule has 0 spiro atoms. The molecule has 0 aromatic heterocycles. The molecule has 124 valence electrons. The number of carbonyl (C=O) groups is 1. The summed E-state index contributed by atoms with van der Waals surface area (Å²) < 4.78 is 4.83. The lowest BCUT2D eigenvalue weighted by atomic mass is 10.1. The van der Waals surface area contributed by atoms with E-state index in [2.05, 4.69) is 19.1 Å². The molecular formula is C17H32O4. The normalized spacial score (nSPS) is 12.7. The molecule has 1 atom stereocenters. The second kappa shape index (κ2) is 15.5. The second-order valence-electron chi connectivity index (χ2n) is 5.39. The van der Waals surface area contributed by atoms with Gasteiger partial charge < -0.3 is 14.9 Å². The number of aliphatic hydroxyl groups excluding tert-OH is 2. The predicted octanol–water partition coefficient (Wildman–Crippen LogP) is 3.36. The Kier molecular flexibility index (Phi) is 14.9. The van der Waals surface area contributed by atoms with Gasteiger partial charge >= 0.3 is 5.97 Å². The van der Waals surface area contributed by atoms with E-state index in [4.69, 9.17) is 14.9 Å². The van der Waals surface area contributed by atoms with Crippen LogP contribution in [0.3, 0.4) is 0 Å². The van der Waals surface area contributed by atoms with E-state index in [1.54, 1.807) is 0 Å². The first-order chi connectivity index (χ1) is 10.2. The Labute approximate surface area is 129 Å². The minimum Gasteiger partial charge on any atom is -0.464 e. The van der Waals surface area contributed by atoms with Crippen LogP contribution in [-0.4, -0.2) is 35.5 Å². The van der Waals surface area contributed by atoms with Crippen LogP contribution in [0, 0.1) is 0 Å². The average Bonchev–Trinajstić information content (AvgIpc) is 2.50. The van der Waals surface area contributed by atoms with Crippen LogP contribution in [-0.2, 0) is 9.53 Å². The lowest BCUT2D eigenvalue weighted by Crippen LogP contribution is -2.26. The van der Waals surface area contributed by atoms with Gasteiger partial charge in [0.1, 0.15) is 0 Å². The van der Waals surface area contributed by atoms with Gasteiger partial charge in [0.05, 0.1) is 13.2 Å². The minimum atomic E-state index is -1.39. The molecule has 21 heavy (non-hydrogen) atoms. The third-order valence-corrected chi connectivity index (χ3v) is 3.35. The molecule has 0 aliphatic rings. The van der Waals surface area contributed by atoms with Crippen molar-refractivity contribution >= 4 is 5.97 Å². The number of carbonyl (C=O) groups excluding carboxylic acids is 1. The maximum absolute atomic E-state index is 11.0. The zero-order chi connectivity index (χ0) is 15.8. The number of ether oxygens (including phenoxy) is 1. The molecule has 0 rings (SSSR count). The van der Waals surface area contributed by atoms with Crippen molar-refractivity contribution in [2.45, 2.75) is 77.2 Å². The summed E-state index contributed by atoms with van der Waals surface area (Å²) in [6, 6.07) is 0. The number of aliphatic hydroxyl groups is 2. The van der Waals surface area contributed by atoms with Crippen LogP contribution < -0.4 is 0 Å². The monoisotopic (exact) mass is 300 g/mol. The Morgan fingerprint density at radius 3 is 2.19 bits per heavy atom. The molecule has 0 saturated carbocycles. The average molecular weight is 300 g/mol. The third kappa shape index (κ3) is 13.9. The molecule has 0 radical (unpaired) electrons. The van der Waals surface area contributed by atoms with Gasteiger partial charge in [-0.2, -0.15) is 0 Å². The highest BCUT2D eigenvalue weighted by atomic mass is 16.5. The molecule has 0 bridgehead atoms. The molecule has 1 unspecified atom stereocenters. The van der Waals surface area contributed by atoms with Gasteiger partial charge in [0.2, 0.25) is 0 Å². The first-order valence-corrected chi connectivity index (χ1v) is 8.33. The maximum Gasteiger partial charge on any atom is 0.337 e. The van der Waals surface area contributed by atoms with Crippen molar-refractivity contribution in [3.63, 3.8) is 0 Å². The van der Waals surface area contributed by atoms with Crippen LogP contribution >= 0.6 is 0 Å². The largest absolute Gasteiger partial charge is 0.464 e. The number of unbranched alkanes of at least 4 members (excludes halogenated alkanes) is 8. The molecule has 0 aromatic rings. The van der Waals surface area contributed by atoms with Crippen LogP contribution in [0.4, 0.5) is 0 Å².